The van der Waals surface area contributed by atoms with Crippen molar-refractivity contribution in [2.75, 3.05) is 31.9 Å². The number of aromatic nitrogens is 1. The molecule has 160 valence electrons. The smallest absolute Gasteiger partial charge is 0.213 e. The Labute approximate surface area is 171 Å². The summed E-state index contributed by atoms with van der Waals surface area (Å²) in [5.41, 5.74) is 1.96. The Morgan fingerprint density at radius 3 is 2.76 bits per heavy atom. The number of aromatic amines is 1. The molecule has 7 nitrogen and oxygen atoms in total. The maximum Gasteiger partial charge on any atom is 0.213 e. The molecule has 2 aromatic rings. The summed E-state index contributed by atoms with van der Waals surface area (Å²) in [6.45, 7) is 6.07. The first kappa shape index (κ1) is 21.6. The van der Waals surface area contributed by atoms with E-state index in [1.54, 1.807) is 23.4 Å². The van der Waals surface area contributed by atoms with Crippen LogP contribution in [-0.2, 0) is 16.4 Å². The summed E-state index contributed by atoms with van der Waals surface area (Å²) >= 11 is 0. The highest BCUT2D eigenvalue weighted by Gasteiger charge is 2.26. The van der Waals surface area contributed by atoms with Gasteiger partial charge in [0.05, 0.1) is 5.75 Å². The van der Waals surface area contributed by atoms with Crippen molar-refractivity contribution in [1.29, 1.82) is 0 Å². The number of halogens is 1. The van der Waals surface area contributed by atoms with Gasteiger partial charge in [0.25, 0.3) is 0 Å². The number of aliphatic imine (C=N–C) groups is 1. The molecule has 1 aliphatic heterocycles. The molecule has 0 spiro atoms. The van der Waals surface area contributed by atoms with Gasteiger partial charge in [0.2, 0.25) is 10.0 Å². The number of H-pyrrole nitrogens is 1. The molecule has 3 rings (SSSR count). The predicted octanol–water partition coefficient (Wildman–Crippen LogP) is 2.22. The average molecular weight is 424 g/mol. The summed E-state index contributed by atoms with van der Waals surface area (Å²) < 4.78 is 39.1. The third-order valence-corrected chi connectivity index (χ3v) is 7.16. The van der Waals surface area contributed by atoms with Gasteiger partial charge in [-0.05, 0) is 56.9 Å². The van der Waals surface area contributed by atoms with Crippen molar-refractivity contribution in [3.05, 3.63) is 35.8 Å². The summed E-state index contributed by atoms with van der Waals surface area (Å²) in [7, 11) is -3.11. The van der Waals surface area contributed by atoms with Crippen LogP contribution in [0.3, 0.4) is 0 Å². The molecule has 0 radical (unpaired) electrons. The fourth-order valence-corrected chi connectivity index (χ4v) is 4.75. The van der Waals surface area contributed by atoms with E-state index >= 15 is 0 Å². The molecule has 1 aliphatic rings. The second-order valence-corrected chi connectivity index (χ2v) is 9.49. The summed E-state index contributed by atoms with van der Waals surface area (Å²) in [4.78, 5) is 7.82. The molecule has 1 aromatic heterocycles. The Hall–Kier alpha value is -2.13. The molecular weight excluding hydrogens is 393 g/mol. The molecule has 0 saturated carbocycles. The lowest BCUT2D eigenvalue weighted by Crippen LogP contribution is -2.50. The molecule has 2 heterocycles. The number of fused-ring (bicyclic) bond motifs is 1. The van der Waals surface area contributed by atoms with E-state index in [-0.39, 0.29) is 17.6 Å². The standard InChI is InChI=1S/C20H30FN5O2S/c1-3-22-20(25-17-8-11-26(12-9-17)29(27,28)4-2)23-10-7-15-14-24-19-6-5-16(21)13-18(15)19/h5-6,13-14,17,24H,3-4,7-12H2,1-2H3,(H2,22,23,25). The molecule has 9 heteroatoms. The van der Waals surface area contributed by atoms with Crippen LogP contribution in [0.5, 0.6) is 0 Å². The van der Waals surface area contributed by atoms with Crippen molar-refractivity contribution >= 4 is 26.9 Å². The van der Waals surface area contributed by atoms with E-state index in [0.29, 0.717) is 26.1 Å². The van der Waals surface area contributed by atoms with E-state index in [9.17, 15) is 12.8 Å². The van der Waals surface area contributed by atoms with E-state index in [2.05, 4.69) is 20.6 Å². The number of nitrogens with zero attached hydrogens (tertiary/aromatic N) is 2. The monoisotopic (exact) mass is 423 g/mol. The Balaban J connectivity index is 1.57. The van der Waals surface area contributed by atoms with E-state index in [1.807, 2.05) is 13.1 Å². The van der Waals surface area contributed by atoms with Crippen LogP contribution in [0.25, 0.3) is 10.9 Å². The van der Waals surface area contributed by atoms with Gasteiger partial charge in [-0.2, -0.15) is 0 Å². The van der Waals surface area contributed by atoms with Crippen LogP contribution in [0.1, 0.15) is 32.3 Å². The molecule has 3 N–H and O–H groups in total. The minimum Gasteiger partial charge on any atom is -0.361 e. The molecule has 29 heavy (non-hydrogen) atoms. The zero-order valence-electron chi connectivity index (χ0n) is 17.0. The van der Waals surface area contributed by atoms with Gasteiger partial charge in [-0.3, -0.25) is 4.99 Å². The normalized spacial score (nSPS) is 17.0. The number of hydrogen-bond donors (Lipinski definition) is 3. The SMILES string of the molecule is CCNC(=NCCc1c[nH]c2ccc(F)cc12)NC1CCN(S(=O)(=O)CC)CC1. The topological polar surface area (TPSA) is 89.6 Å². The van der Waals surface area contributed by atoms with Crippen molar-refractivity contribution < 1.29 is 12.8 Å². The maximum absolute atomic E-state index is 13.5. The average Bonchev–Trinajstić information content (AvgIpc) is 3.10. The molecule has 1 aromatic carbocycles. The highest BCUT2D eigenvalue weighted by Crippen LogP contribution is 2.20. The Kier molecular flexibility index (Phi) is 7.13. The number of benzene rings is 1. The second-order valence-electron chi connectivity index (χ2n) is 7.23. The zero-order chi connectivity index (χ0) is 20.9. The maximum atomic E-state index is 13.5. The lowest BCUT2D eigenvalue weighted by atomic mass is 10.1. The fourth-order valence-electron chi connectivity index (χ4n) is 3.62. The largest absolute Gasteiger partial charge is 0.361 e. The highest BCUT2D eigenvalue weighted by atomic mass is 32.2. The van der Waals surface area contributed by atoms with Gasteiger partial charge >= 0.3 is 0 Å². The molecule has 0 amide bonds. The van der Waals surface area contributed by atoms with Crippen LogP contribution in [0, 0.1) is 5.82 Å². The van der Waals surface area contributed by atoms with Crippen molar-refractivity contribution in [2.45, 2.75) is 39.2 Å². The number of nitrogens with one attached hydrogen (secondary N) is 3. The van der Waals surface area contributed by atoms with E-state index in [4.69, 9.17) is 0 Å². The fraction of sp³-hybridized carbons (Fsp3) is 0.550. The van der Waals surface area contributed by atoms with E-state index in [1.165, 1.54) is 6.07 Å². The Morgan fingerprint density at radius 2 is 2.07 bits per heavy atom. The first-order valence-electron chi connectivity index (χ1n) is 10.2. The van der Waals surface area contributed by atoms with Gasteiger partial charge in [-0.15, -0.1) is 0 Å². The number of guanidine groups is 1. The first-order valence-corrected chi connectivity index (χ1v) is 11.8. The summed E-state index contributed by atoms with van der Waals surface area (Å²) in [5.74, 6) is 0.635. The molecule has 0 aliphatic carbocycles. The van der Waals surface area contributed by atoms with Gasteiger partial charge < -0.3 is 15.6 Å². The molecule has 1 fully saturated rings. The van der Waals surface area contributed by atoms with E-state index < -0.39 is 10.0 Å². The predicted molar refractivity (Wildman–Crippen MR) is 115 cm³/mol. The third-order valence-electron chi connectivity index (χ3n) is 5.28. The highest BCUT2D eigenvalue weighted by molar-refractivity contribution is 7.89. The van der Waals surface area contributed by atoms with Gasteiger partial charge in [-0.1, -0.05) is 0 Å². The van der Waals surface area contributed by atoms with Crippen LogP contribution in [0.15, 0.2) is 29.4 Å². The number of piperidine rings is 1. The van der Waals surface area contributed by atoms with Crippen molar-refractivity contribution in [1.82, 2.24) is 19.9 Å². The quantitative estimate of drug-likeness (QED) is 0.471. The molecule has 0 atom stereocenters. The Morgan fingerprint density at radius 1 is 1.31 bits per heavy atom. The van der Waals surface area contributed by atoms with Gasteiger partial charge in [0.1, 0.15) is 5.82 Å². The molecular formula is C20H30FN5O2S. The second kappa shape index (κ2) is 9.58. The van der Waals surface area contributed by atoms with Gasteiger partial charge in [0, 0.05) is 49.3 Å². The number of hydrogen-bond acceptors (Lipinski definition) is 3. The number of sulfonamides is 1. The summed E-state index contributed by atoms with van der Waals surface area (Å²) in [6, 6.07) is 4.93. The minimum absolute atomic E-state index is 0.146. The van der Waals surface area contributed by atoms with Crippen LogP contribution >= 0.6 is 0 Å². The van der Waals surface area contributed by atoms with Crippen LogP contribution in [0.4, 0.5) is 4.39 Å². The summed E-state index contributed by atoms with van der Waals surface area (Å²) in [6.07, 6.45) is 4.12. The van der Waals surface area contributed by atoms with Crippen LogP contribution in [-0.4, -0.2) is 61.6 Å². The van der Waals surface area contributed by atoms with Crippen molar-refractivity contribution in [3.63, 3.8) is 0 Å². The minimum atomic E-state index is -3.11. The van der Waals surface area contributed by atoms with Crippen LogP contribution in [0.2, 0.25) is 0 Å². The lowest BCUT2D eigenvalue weighted by molar-refractivity contribution is 0.306. The Bertz CT molecular complexity index is 949. The molecule has 1 saturated heterocycles. The van der Waals surface area contributed by atoms with Crippen molar-refractivity contribution in [2.24, 2.45) is 4.99 Å². The van der Waals surface area contributed by atoms with E-state index in [0.717, 1.165) is 41.8 Å². The summed E-state index contributed by atoms with van der Waals surface area (Å²) in [5, 5.41) is 7.56. The van der Waals surface area contributed by atoms with Gasteiger partial charge in [0.15, 0.2) is 5.96 Å². The first-order chi connectivity index (χ1) is 13.9. The van der Waals surface area contributed by atoms with Gasteiger partial charge in [-0.25, -0.2) is 17.1 Å². The number of rotatable bonds is 7. The third kappa shape index (κ3) is 5.48. The van der Waals surface area contributed by atoms with Crippen LogP contribution < -0.4 is 10.6 Å². The molecule has 0 unspecified atom stereocenters. The molecule has 0 bridgehead atoms. The zero-order valence-corrected chi connectivity index (χ0v) is 17.9. The lowest BCUT2D eigenvalue weighted by Gasteiger charge is -2.32. The van der Waals surface area contributed by atoms with Crippen molar-refractivity contribution in [3.8, 4) is 0 Å².